The molecule has 6 nitrogen and oxygen atoms in total. The Labute approximate surface area is 277 Å². The summed E-state index contributed by atoms with van der Waals surface area (Å²) in [4.78, 5) is 23.9. The number of esters is 1. The smallest absolute Gasteiger partial charge is 0.306 e. The van der Waals surface area contributed by atoms with E-state index in [0.717, 1.165) is 43.6 Å². The molecule has 44 heavy (non-hydrogen) atoms. The Hall–Kier alpha value is -1.24. The minimum Gasteiger partial charge on any atom is -0.466 e. The molecular formula is C37H73N3O3S. The molecule has 0 aliphatic rings. The molecular weight excluding hydrogens is 566 g/mol. The van der Waals surface area contributed by atoms with Crippen molar-refractivity contribution in [3.05, 3.63) is 0 Å². The number of carbonyl (C=O) groups is 2. The first kappa shape index (κ1) is 42.8. The van der Waals surface area contributed by atoms with E-state index in [9.17, 15) is 9.59 Å². The lowest BCUT2D eigenvalue weighted by Crippen LogP contribution is -2.23. The molecule has 7 heteroatoms. The zero-order chi connectivity index (χ0) is 32.2. The maximum atomic E-state index is 12.0. The summed E-state index contributed by atoms with van der Waals surface area (Å²) in [5.74, 6) is 2.01. The van der Waals surface area contributed by atoms with Crippen LogP contribution in [-0.4, -0.2) is 35.8 Å². The first-order chi connectivity index (χ1) is 21.6. The van der Waals surface area contributed by atoms with Crippen LogP contribution < -0.4 is 11.2 Å². The van der Waals surface area contributed by atoms with Crippen LogP contribution in [0, 0.1) is 0 Å². The summed E-state index contributed by atoms with van der Waals surface area (Å²) >= 11 is 1.74. The van der Waals surface area contributed by atoms with E-state index >= 15 is 0 Å². The number of carbonyl (C=O) groups excluding carboxylic acids is 2. The van der Waals surface area contributed by atoms with Gasteiger partial charge in [0.1, 0.15) is 5.84 Å². The number of amidine groups is 1. The summed E-state index contributed by atoms with van der Waals surface area (Å²) in [6.45, 7) is 5.09. The maximum Gasteiger partial charge on any atom is 0.306 e. The van der Waals surface area contributed by atoms with Gasteiger partial charge in [-0.2, -0.15) is 16.9 Å². The summed E-state index contributed by atoms with van der Waals surface area (Å²) in [6, 6.07) is 0. The highest BCUT2D eigenvalue weighted by Crippen LogP contribution is 2.14. The summed E-state index contributed by atoms with van der Waals surface area (Å²) in [5.41, 5.74) is 8.55. The van der Waals surface area contributed by atoms with Crippen LogP contribution in [0.25, 0.3) is 0 Å². The number of hydrogen-bond donors (Lipinski definition) is 2. The Kier molecular flexibility index (Phi) is 35.2. The molecule has 0 bridgehead atoms. The van der Waals surface area contributed by atoms with Gasteiger partial charge in [0.2, 0.25) is 5.91 Å². The van der Waals surface area contributed by atoms with Crippen molar-refractivity contribution in [2.45, 2.75) is 200 Å². The number of unbranched alkanes of at least 4 members (excludes halogenated alkanes) is 23. The lowest BCUT2D eigenvalue weighted by atomic mass is 10.0. The molecule has 0 saturated heterocycles. The number of nitrogens with zero attached hydrogens (tertiary/aromatic N) is 1. The topological polar surface area (TPSA) is 93.8 Å². The SMILES string of the molecule is CCCCCCCCCCCCCCCC(=O)NN=C(N)CCCSCCC(=O)OCCCCCCCCCCCCCC. The predicted molar refractivity (Wildman–Crippen MR) is 193 cm³/mol. The van der Waals surface area contributed by atoms with Gasteiger partial charge in [0, 0.05) is 18.6 Å². The molecule has 0 atom stereocenters. The summed E-state index contributed by atoms with van der Waals surface area (Å²) < 4.78 is 5.38. The molecule has 0 rings (SSSR count). The van der Waals surface area contributed by atoms with Crippen LogP contribution in [0.3, 0.4) is 0 Å². The molecule has 0 aromatic heterocycles. The van der Waals surface area contributed by atoms with Gasteiger partial charge in [-0.25, -0.2) is 5.43 Å². The van der Waals surface area contributed by atoms with Gasteiger partial charge in [-0.15, -0.1) is 0 Å². The zero-order valence-electron chi connectivity index (χ0n) is 29.3. The Bertz CT molecular complexity index is 660. The fourth-order valence-corrected chi connectivity index (χ4v) is 6.23. The number of ether oxygens (including phenoxy) is 1. The van der Waals surface area contributed by atoms with E-state index in [4.69, 9.17) is 10.5 Å². The number of hydrogen-bond acceptors (Lipinski definition) is 5. The minimum absolute atomic E-state index is 0.0487. The van der Waals surface area contributed by atoms with Crippen LogP contribution in [0.15, 0.2) is 5.10 Å². The van der Waals surface area contributed by atoms with E-state index < -0.39 is 0 Å². The largest absolute Gasteiger partial charge is 0.466 e. The van der Waals surface area contributed by atoms with Gasteiger partial charge in [0.15, 0.2) is 0 Å². The van der Waals surface area contributed by atoms with Crippen molar-refractivity contribution < 1.29 is 14.3 Å². The molecule has 260 valence electrons. The summed E-state index contributed by atoms with van der Waals surface area (Å²) in [6.07, 6.45) is 35.1. The quantitative estimate of drug-likeness (QED) is 0.0236. The molecule has 3 N–H and O–H groups in total. The highest BCUT2D eigenvalue weighted by atomic mass is 32.2. The average molecular weight is 640 g/mol. The molecule has 0 radical (unpaired) electrons. The molecule has 0 spiro atoms. The molecule has 0 aromatic rings. The van der Waals surface area contributed by atoms with Gasteiger partial charge >= 0.3 is 5.97 Å². The van der Waals surface area contributed by atoms with Gasteiger partial charge in [-0.1, -0.05) is 162 Å². The predicted octanol–water partition coefficient (Wildman–Crippen LogP) is 11.0. The van der Waals surface area contributed by atoms with Crippen molar-refractivity contribution >= 4 is 29.5 Å². The van der Waals surface area contributed by atoms with Gasteiger partial charge in [0.25, 0.3) is 0 Å². The number of thioether (sulfide) groups is 1. The van der Waals surface area contributed by atoms with Crippen molar-refractivity contribution in [2.24, 2.45) is 10.8 Å². The van der Waals surface area contributed by atoms with Gasteiger partial charge in [0.05, 0.1) is 13.0 Å². The van der Waals surface area contributed by atoms with E-state index in [1.807, 2.05) is 0 Å². The minimum atomic E-state index is -0.0899. The van der Waals surface area contributed by atoms with Crippen LogP contribution in [-0.2, 0) is 14.3 Å². The van der Waals surface area contributed by atoms with E-state index in [1.165, 1.54) is 135 Å². The van der Waals surface area contributed by atoms with Crippen LogP contribution >= 0.6 is 11.8 Å². The Morgan fingerprint density at radius 3 is 1.45 bits per heavy atom. The molecule has 0 fully saturated rings. The first-order valence-corrected chi connectivity index (χ1v) is 20.1. The second-order valence-electron chi connectivity index (χ2n) is 12.7. The zero-order valence-corrected chi connectivity index (χ0v) is 30.1. The monoisotopic (exact) mass is 640 g/mol. The summed E-state index contributed by atoms with van der Waals surface area (Å²) in [7, 11) is 0. The lowest BCUT2D eigenvalue weighted by Gasteiger charge is -2.06. The van der Waals surface area contributed by atoms with Crippen LogP contribution in [0.1, 0.15) is 200 Å². The number of amides is 1. The van der Waals surface area contributed by atoms with E-state index in [0.29, 0.717) is 31.7 Å². The molecule has 0 unspecified atom stereocenters. The van der Waals surface area contributed by atoms with Crippen molar-refractivity contribution in [2.75, 3.05) is 18.1 Å². The Morgan fingerprint density at radius 2 is 0.977 bits per heavy atom. The van der Waals surface area contributed by atoms with Crippen LogP contribution in [0.4, 0.5) is 0 Å². The maximum absolute atomic E-state index is 12.0. The van der Waals surface area contributed by atoms with Crippen molar-refractivity contribution in [1.82, 2.24) is 5.43 Å². The number of nitrogens with one attached hydrogen (secondary N) is 1. The van der Waals surface area contributed by atoms with E-state index in [1.54, 1.807) is 11.8 Å². The van der Waals surface area contributed by atoms with Crippen LogP contribution in [0.2, 0.25) is 0 Å². The molecule has 0 saturated carbocycles. The highest BCUT2D eigenvalue weighted by Gasteiger charge is 2.04. The molecule has 0 aliphatic heterocycles. The molecule has 1 amide bonds. The van der Waals surface area contributed by atoms with Gasteiger partial charge in [-0.05, 0) is 25.0 Å². The third-order valence-corrected chi connectivity index (χ3v) is 9.33. The Balaban J connectivity index is 3.42. The first-order valence-electron chi connectivity index (χ1n) is 18.9. The second kappa shape index (κ2) is 36.2. The van der Waals surface area contributed by atoms with Crippen molar-refractivity contribution in [3.63, 3.8) is 0 Å². The van der Waals surface area contributed by atoms with Gasteiger partial charge < -0.3 is 10.5 Å². The fourth-order valence-electron chi connectivity index (χ4n) is 5.36. The lowest BCUT2D eigenvalue weighted by molar-refractivity contribution is -0.143. The number of rotatable bonds is 35. The van der Waals surface area contributed by atoms with Crippen molar-refractivity contribution in [3.8, 4) is 0 Å². The van der Waals surface area contributed by atoms with E-state index in [2.05, 4.69) is 24.4 Å². The number of nitrogens with two attached hydrogens (primary N) is 1. The molecule has 0 aromatic carbocycles. The Morgan fingerprint density at radius 1 is 0.545 bits per heavy atom. The standard InChI is InChI=1S/C37H73N3O3S/c1-3-5-7-9-11-13-15-17-18-20-22-24-26-30-36(41)40-39-35(38)29-28-33-44-34-31-37(42)43-32-27-25-23-21-19-16-14-12-10-8-6-4-2/h3-34H2,1-2H3,(H2,38,39)(H,40,41). The molecule has 0 aliphatic carbocycles. The fraction of sp³-hybridized carbons (Fsp3) is 0.919. The van der Waals surface area contributed by atoms with E-state index in [-0.39, 0.29) is 11.9 Å². The second-order valence-corrected chi connectivity index (χ2v) is 13.9. The average Bonchev–Trinajstić information content (AvgIpc) is 3.02. The normalized spacial score (nSPS) is 11.6. The third-order valence-electron chi connectivity index (χ3n) is 8.26. The summed E-state index contributed by atoms with van der Waals surface area (Å²) in [5, 5.41) is 4.05. The van der Waals surface area contributed by atoms with Crippen LogP contribution in [0.5, 0.6) is 0 Å². The third kappa shape index (κ3) is 35.2. The van der Waals surface area contributed by atoms with Crippen molar-refractivity contribution in [1.29, 1.82) is 0 Å². The molecule has 0 heterocycles. The van der Waals surface area contributed by atoms with Gasteiger partial charge in [-0.3, -0.25) is 9.59 Å². The highest BCUT2D eigenvalue weighted by molar-refractivity contribution is 7.99. The number of hydrazone groups is 1.